The molecule has 2 fully saturated rings. The lowest BCUT2D eigenvalue weighted by Crippen LogP contribution is -2.53. The average Bonchev–Trinajstić information content (AvgIpc) is 3.81. The fourth-order valence-corrected chi connectivity index (χ4v) is 8.39. The molecule has 0 unspecified atom stereocenters. The summed E-state index contributed by atoms with van der Waals surface area (Å²) in [5, 5.41) is 7.04. The molecule has 15 heteroatoms. The van der Waals surface area contributed by atoms with E-state index in [-0.39, 0.29) is 6.04 Å². The van der Waals surface area contributed by atoms with Gasteiger partial charge >= 0.3 is 0 Å². The first-order valence-electron chi connectivity index (χ1n) is 17.9. The van der Waals surface area contributed by atoms with E-state index in [1.165, 1.54) is 36.4 Å². The van der Waals surface area contributed by atoms with Crippen LogP contribution in [0.3, 0.4) is 0 Å². The molecule has 7 heterocycles. The lowest BCUT2D eigenvalue weighted by Gasteiger charge is -2.34. The lowest BCUT2D eigenvalue weighted by molar-refractivity contribution is 0.315. The number of aromatic amines is 2. The molecule has 272 valence electrons. The molecule has 1 saturated carbocycles. The second-order valence-corrected chi connectivity index (χ2v) is 16.1. The molecular weight excluding hydrogens is 677 g/mol. The number of piperidine rings is 1. The SMILES string of the molecule is CC(C)(C)NS(=O)(=O)N1CCC[C@H](Nc2ncccc2-c2cnc3[nH]ccc3n2)C1.c1cnc(NC2CCCCC2)c(-c2cnc3[nH]ccc3n2)c1. The molecule has 1 atom stereocenters. The zero-order valence-corrected chi connectivity index (χ0v) is 30.6. The first-order chi connectivity index (χ1) is 25.1. The summed E-state index contributed by atoms with van der Waals surface area (Å²) in [4.78, 5) is 33.3. The lowest BCUT2D eigenvalue weighted by atomic mass is 9.95. The summed E-state index contributed by atoms with van der Waals surface area (Å²) >= 11 is 0. The third-order valence-electron chi connectivity index (χ3n) is 9.13. The monoisotopic (exact) mass is 722 g/mol. The van der Waals surface area contributed by atoms with Crippen LogP contribution in [0.5, 0.6) is 0 Å². The number of rotatable bonds is 8. The van der Waals surface area contributed by atoms with Crippen LogP contribution in [0.2, 0.25) is 0 Å². The van der Waals surface area contributed by atoms with Gasteiger partial charge in [0.25, 0.3) is 10.2 Å². The fourth-order valence-electron chi connectivity index (χ4n) is 6.74. The molecule has 0 radical (unpaired) electrons. The zero-order valence-electron chi connectivity index (χ0n) is 29.8. The van der Waals surface area contributed by atoms with E-state index < -0.39 is 15.7 Å². The highest BCUT2D eigenvalue weighted by molar-refractivity contribution is 7.87. The number of fused-ring (bicyclic) bond motifs is 2. The van der Waals surface area contributed by atoms with E-state index >= 15 is 0 Å². The van der Waals surface area contributed by atoms with Gasteiger partial charge in [0, 0.05) is 66.6 Å². The van der Waals surface area contributed by atoms with E-state index in [0.717, 1.165) is 57.8 Å². The van der Waals surface area contributed by atoms with Gasteiger partial charge in [-0.05, 0) is 82.9 Å². The van der Waals surface area contributed by atoms with Crippen LogP contribution in [0.1, 0.15) is 65.7 Å². The van der Waals surface area contributed by atoms with Crippen molar-refractivity contribution in [2.24, 2.45) is 0 Å². The van der Waals surface area contributed by atoms with Crippen LogP contribution in [0.15, 0.2) is 73.6 Å². The van der Waals surface area contributed by atoms with Gasteiger partial charge in [-0.3, -0.25) is 0 Å². The third kappa shape index (κ3) is 8.54. The number of hydrogen-bond acceptors (Lipinski definition) is 10. The smallest absolute Gasteiger partial charge is 0.279 e. The second kappa shape index (κ2) is 15.3. The van der Waals surface area contributed by atoms with Gasteiger partial charge in [-0.1, -0.05) is 19.3 Å². The quantitative estimate of drug-likeness (QED) is 0.120. The number of anilines is 2. The Kier molecular flexibility index (Phi) is 10.4. The Morgan fingerprint density at radius 3 is 1.81 bits per heavy atom. The van der Waals surface area contributed by atoms with Gasteiger partial charge in [-0.2, -0.15) is 17.4 Å². The van der Waals surface area contributed by atoms with E-state index in [0.29, 0.717) is 30.6 Å². The topological polar surface area (TPSA) is 182 Å². The van der Waals surface area contributed by atoms with Gasteiger partial charge in [-0.25, -0.2) is 29.9 Å². The maximum absolute atomic E-state index is 12.7. The Morgan fingerprint density at radius 2 is 1.25 bits per heavy atom. The maximum atomic E-state index is 12.7. The van der Waals surface area contributed by atoms with Gasteiger partial charge in [0.05, 0.1) is 23.8 Å². The Labute approximate surface area is 303 Å². The van der Waals surface area contributed by atoms with Crippen molar-refractivity contribution in [1.82, 2.24) is 48.9 Å². The summed E-state index contributed by atoms with van der Waals surface area (Å²) in [6.07, 6.45) is 18.8. The van der Waals surface area contributed by atoms with Crippen molar-refractivity contribution in [3.05, 3.63) is 73.6 Å². The first-order valence-corrected chi connectivity index (χ1v) is 19.4. The number of nitrogens with zero attached hydrogens (tertiary/aromatic N) is 7. The number of hydrogen-bond donors (Lipinski definition) is 5. The molecule has 5 N–H and O–H groups in total. The molecule has 0 amide bonds. The molecule has 8 rings (SSSR count). The second-order valence-electron chi connectivity index (χ2n) is 14.4. The summed E-state index contributed by atoms with van der Waals surface area (Å²) in [6, 6.07) is 12.1. The minimum atomic E-state index is -3.55. The standard InChI is InChI=1S/C20H27N7O2S.C17H19N5/c1-20(2,3)26-30(28,29)27-11-5-6-14(13-27)24-18-15(7-4-9-21-18)17-12-23-19-16(25-17)8-10-22-19;1-2-5-12(6-3-1)21-16-13(7-4-9-18-16)15-11-20-17-14(22-15)8-10-19-17/h4,7-10,12,14,26H,5-6,11,13H2,1-3H3,(H,21,24)(H,22,23);4,7-12H,1-3,5-6H2,(H,18,21)(H,19,20)/t14-;/m0./s1. The molecule has 1 aliphatic heterocycles. The highest BCUT2D eigenvalue weighted by atomic mass is 32.2. The van der Waals surface area contributed by atoms with Crippen molar-refractivity contribution in [3.63, 3.8) is 0 Å². The van der Waals surface area contributed by atoms with E-state index in [1.54, 1.807) is 18.6 Å². The number of pyridine rings is 2. The normalized spacial score (nSPS) is 17.5. The van der Waals surface area contributed by atoms with Crippen molar-refractivity contribution < 1.29 is 8.42 Å². The first kappa shape index (κ1) is 35.4. The summed E-state index contributed by atoms with van der Waals surface area (Å²) in [5.41, 5.74) is 6.11. The average molecular weight is 723 g/mol. The summed E-state index contributed by atoms with van der Waals surface area (Å²) in [6.45, 7) is 6.41. The van der Waals surface area contributed by atoms with Crippen molar-refractivity contribution in [3.8, 4) is 22.5 Å². The van der Waals surface area contributed by atoms with Crippen LogP contribution in [0, 0.1) is 0 Å². The van der Waals surface area contributed by atoms with Crippen LogP contribution < -0.4 is 15.4 Å². The Balaban J connectivity index is 0.000000169. The van der Waals surface area contributed by atoms with Crippen LogP contribution >= 0.6 is 0 Å². The predicted octanol–water partition coefficient (Wildman–Crippen LogP) is 6.29. The number of H-pyrrole nitrogens is 2. The molecule has 1 saturated heterocycles. The third-order valence-corrected chi connectivity index (χ3v) is 11.0. The predicted molar refractivity (Wildman–Crippen MR) is 205 cm³/mol. The van der Waals surface area contributed by atoms with E-state index in [2.05, 4.69) is 61.3 Å². The summed E-state index contributed by atoms with van der Waals surface area (Å²) in [5.74, 6) is 1.59. The highest BCUT2D eigenvalue weighted by Gasteiger charge is 2.32. The molecule has 0 aromatic carbocycles. The largest absolute Gasteiger partial charge is 0.367 e. The van der Waals surface area contributed by atoms with Crippen molar-refractivity contribution in [1.29, 1.82) is 0 Å². The number of nitrogens with one attached hydrogen (secondary N) is 5. The van der Waals surface area contributed by atoms with Crippen LogP contribution in [-0.4, -0.2) is 83.3 Å². The van der Waals surface area contributed by atoms with Crippen molar-refractivity contribution in [2.45, 2.75) is 83.3 Å². The fraction of sp³-hybridized carbons (Fsp3) is 0.405. The van der Waals surface area contributed by atoms with Crippen LogP contribution in [-0.2, 0) is 10.2 Å². The molecule has 6 aromatic heterocycles. The van der Waals surface area contributed by atoms with Gasteiger partial charge in [-0.15, -0.1) is 0 Å². The minimum Gasteiger partial charge on any atom is -0.367 e. The minimum absolute atomic E-state index is 0.0482. The Hall–Kier alpha value is -4.99. The van der Waals surface area contributed by atoms with Crippen molar-refractivity contribution >= 4 is 44.2 Å². The molecular formula is C37H46N12O2S. The van der Waals surface area contributed by atoms with Crippen LogP contribution in [0.25, 0.3) is 44.8 Å². The zero-order chi connectivity index (χ0) is 36.1. The summed E-state index contributed by atoms with van der Waals surface area (Å²) < 4.78 is 29.7. The highest BCUT2D eigenvalue weighted by Crippen LogP contribution is 2.29. The molecule has 52 heavy (non-hydrogen) atoms. The van der Waals surface area contributed by atoms with E-state index in [9.17, 15) is 8.42 Å². The molecule has 0 spiro atoms. The number of aromatic nitrogens is 8. The molecule has 6 aromatic rings. The maximum Gasteiger partial charge on any atom is 0.279 e. The van der Waals surface area contributed by atoms with E-state index in [1.807, 2.05) is 69.7 Å². The van der Waals surface area contributed by atoms with Gasteiger partial charge < -0.3 is 20.6 Å². The molecule has 2 aliphatic rings. The van der Waals surface area contributed by atoms with Gasteiger partial charge in [0.15, 0.2) is 11.3 Å². The molecule has 14 nitrogen and oxygen atoms in total. The van der Waals surface area contributed by atoms with Crippen LogP contribution in [0.4, 0.5) is 11.6 Å². The molecule has 1 aliphatic carbocycles. The van der Waals surface area contributed by atoms with Gasteiger partial charge in [0.1, 0.15) is 22.7 Å². The molecule has 0 bridgehead atoms. The van der Waals surface area contributed by atoms with E-state index in [4.69, 9.17) is 0 Å². The summed E-state index contributed by atoms with van der Waals surface area (Å²) in [7, 11) is -3.55. The van der Waals surface area contributed by atoms with Crippen molar-refractivity contribution in [2.75, 3.05) is 23.7 Å². The Morgan fingerprint density at radius 1 is 0.712 bits per heavy atom. The Bertz CT molecular complexity index is 2220. The van der Waals surface area contributed by atoms with Gasteiger partial charge in [0.2, 0.25) is 0 Å².